The molecule has 1 aromatic carbocycles. The maximum Gasteiger partial charge on any atom is 0.313 e. The molecule has 4 nitrogen and oxygen atoms in total. The van der Waals surface area contributed by atoms with E-state index >= 15 is 0 Å². The van der Waals surface area contributed by atoms with Crippen molar-refractivity contribution in [2.24, 2.45) is 5.73 Å². The highest BCUT2D eigenvalue weighted by Gasteiger charge is 2.16. The molecule has 16 heavy (non-hydrogen) atoms. The minimum Gasteiger partial charge on any atom is -0.466 e. The van der Waals surface area contributed by atoms with Crippen molar-refractivity contribution in [2.75, 3.05) is 12.3 Å². The van der Waals surface area contributed by atoms with E-state index in [-0.39, 0.29) is 11.9 Å². The predicted octanol–water partition coefficient (Wildman–Crippen LogP) is 1.39. The second kappa shape index (κ2) is 5.51. The summed E-state index contributed by atoms with van der Waals surface area (Å²) in [6, 6.07) is 5.46. The Balaban J connectivity index is 2.91. The average molecular weight is 222 g/mol. The molecule has 1 aromatic rings. The molecule has 0 saturated carbocycles. The summed E-state index contributed by atoms with van der Waals surface area (Å²) in [5.74, 6) is -0.513. The van der Waals surface area contributed by atoms with Crippen LogP contribution in [0.25, 0.3) is 0 Å². The van der Waals surface area contributed by atoms with Crippen molar-refractivity contribution < 1.29 is 9.53 Å². The van der Waals surface area contributed by atoms with Crippen LogP contribution in [0.3, 0.4) is 0 Å². The third-order valence-corrected chi connectivity index (χ3v) is 2.53. The van der Waals surface area contributed by atoms with Crippen molar-refractivity contribution in [2.45, 2.75) is 26.3 Å². The van der Waals surface area contributed by atoms with Crippen LogP contribution in [0, 0.1) is 0 Å². The molecule has 0 aliphatic carbocycles. The maximum absolute atomic E-state index is 11.5. The summed E-state index contributed by atoms with van der Waals surface area (Å²) in [6.07, 6.45) is 0. The molecule has 0 aromatic heterocycles. The molecule has 0 spiro atoms. The molecule has 0 saturated heterocycles. The lowest BCUT2D eigenvalue weighted by Crippen LogP contribution is -2.14. The van der Waals surface area contributed by atoms with Gasteiger partial charge in [-0.3, -0.25) is 4.79 Å². The van der Waals surface area contributed by atoms with Gasteiger partial charge < -0.3 is 16.2 Å². The summed E-state index contributed by atoms with van der Waals surface area (Å²) in [7, 11) is 0. The van der Waals surface area contributed by atoms with E-state index in [0.717, 1.165) is 11.1 Å². The van der Waals surface area contributed by atoms with Crippen LogP contribution in [0.2, 0.25) is 0 Å². The van der Waals surface area contributed by atoms with Gasteiger partial charge in [0.2, 0.25) is 0 Å². The monoisotopic (exact) mass is 222 g/mol. The summed E-state index contributed by atoms with van der Waals surface area (Å²) < 4.78 is 4.96. The van der Waals surface area contributed by atoms with Crippen LogP contribution >= 0.6 is 0 Å². The summed E-state index contributed by atoms with van der Waals surface area (Å²) in [6.45, 7) is 4.36. The molecule has 4 N–H and O–H groups in total. The molecule has 1 rings (SSSR count). The fourth-order valence-corrected chi connectivity index (χ4v) is 1.48. The topological polar surface area (TPSA) is 78.3 Å². The molecular formula is C12H18N2O2. The van der Waals surface area contributed by atoms with Crippen molar-refractivity contribution in [3.63, 3.8) is 0 Å². The third kappa shape index (κ3) is 2.73. The summed E-state index contributed by atoms with van der Waals surface area (Å²) >= 11 is 0. The first kappa shape index (κ1) is 12.5. The summed E-state index contributed by atoms with van der Waals surface area (Å²) in [4.78, 5) is 11.5. The van der Waals surface area contributed by atoms with Crippen LogP contribution in [0.4, 0.5) is 5.69 Å². The van der Waals surface area contributed by atoms with Gasteiger partial charge in [-0.25, -0.2) is 0 Å². The Morgan fingerprint density at radius 1 is 1.50 bits per heavy atom. The maximum atomic E-state index is 11.5. The third-order valence-electron chi connectivity index (χ3n) is 2.53. The van der Waals surface area contributed by atoms with Gasteiger partial charge in [0.05, 0.1) is 12.5 Å². The number of ether oxygens (including phenoxy) is 1. The standard InChI is InChI=1S/C12H18N2O2/c1-3-16-12(15)8(2)9-4-5-11(14)10(6-9)7-13/h4-6,8H,3,7,13-14H2,1-2H3. The highest BCUT2D eigenvalue weighted by atomic mass is 16.5. The second-order valence-electron chi connectivity index (χ2n) is 3.64. The zero-order chi connectivity index (χ0) is 12.1. The van der Waals surface area contributed by atoms with Crippen molar-refractivity contribution in [3.05, 3.63) is 29.3 Å². The van der Waals surface area contributed by atoms with Crippen LogP contribution < -0.4 is 11.5 Å². The molecule has 1 unspecified atom stereocenters. The van der Waals surface area contributed by atoms with Gasteiger partial charge in [-0.15, -0.1) is 0 Å². The Labute approximate surface area is 95.6 Å². The minimum absolute atomic E-state index is 0.227. The largest absolute Gasteiger partial charge is 0.466 e. The number of carbonyl (C=O) groups excluding carboxylic acids is 1. The molecule has 1 atom stereocenters. The lowest BCUT2D eigenvalue weighted by atomic mass is 9.98. The molecule has 0 aliphatic heterocycles. The quantitative estimate of drug-likeness (QED) is 0.596. The van der Waals surface area contributed by atoms with Crippen LogP contribution in [-0.2, 0) is 16.1 Å². The number of nitrogen functional groups attached to an aromatic ring is 1. The SMILES string of the molecule is CCOC(=O)C(C)c1ccc(N)c(CN)c1. The van der Waals surface area contributed by atoms with Crippen molar-refractivity contribution in [1.82, 2.24) is 0 Å². The molecule has 88 valence electrons. The van der Waals surface area contributed by atoms with Crippen molar-refractivity contribution in [3.8, 4) is 0 Å². The van der Waals surface area contributed by atoms with Crippen molar-refractivity contribution in [1.29, 1.82) is 0 Å². The summed E-state index contributed by atoms with van der Waals surface area (Å²) in [5.41, 5.74) is 13.7. The number of carbonyl (C=O) groups is 1. The molecule has 0 bridgehead atoms. The smallest absolute Gasteiger partial charge is 0.313 e. The number of benzene rings is 1. The highest BCUT2D eigenvalue weighted by Crippen LogP contribution is 2.21. The number of esters is 1. The van der Waals surface area contributed by atoms with Gasteiger partial charge >= 0.3 is 5.97 Å². The Morgan fingerprint density at radius 2 is 2.19 bits per heavy atom. The van der Waals surface area contributed by atoms with E-state index in [4.69, 9.17) is 16.2 Å². The average Bonchev–Trinajstić information content (AvgIpc) is 2.29. The fraction of sp³-hybridized carbons (Fsp3) is 0.417. The number of rotatable bonds is 4. The van der Waals surface area contributed by atoms with Crippen molar-refractivity contribution >= 4 is 11.7 Å². The normalized spacial score (nSPS) is 12.2. The second-order valence-corrected chi connectivity index (χ2v) is 3.64. The van der Waals surface area contributed by atoms with Gasteiger partial charge in [-0.1, -0.05) is 12.1 Å². The van der Waals surface area contributed by atoms with E-state index in [1.165, 1.54) is 0 Å². The molecule has 0 heterocycles. The van der Waals surface area contributed by atoms with Gasteiger partial charge in [0.15, 0.2) is 0 Å². The first-order valence-corrected chi connectivity index (χ1v) is 5.35. The zero-order valence-corrected chi connectivity index (χ0v) is 9.69. The van der Waals surface area contributed by atoms with Crippen LogP contribution in [-0.4, -0.2) is 12.6 Å². The Morgan fingerprint density at radius 3 is 2.75 bits per heavy atom. The predicted molar refractivity (Wildman–Crippen MR) is 63.8 cm³/mol. The van der Waals surface area contributed by atoms with E-state index in [1.807, 2.05) is 19.1 Å². The van der Waals surface area contributed by atoms with E-state index in [1.54, 1.807) is 13.0 Å². The minimum atomic E-state index is -0.286. The van der Waals surface area contributed by atoms with Crippen LogP contribution in [0.5, 0.6) is 0 Å². The molecule has 0 aliphatic rings. The zero-order valence-electron chi connectivity index (χ0n) is 9.69. The first-order chi connectivity index (χ1) is 7.60. The molecular weight excluding hydrogens is 204 g/mol. The van der Waals surface area contributed by atoms with E-state index < -0.39 is 0 Å². The Kier molecular flexibility index (Phi) is 4.31. The molecule has 0 radical (unpaired) electrons. The first-order valence-electron chi connectivity index (χ1n) is 5.35. The van der Waals surface area contributed by atoms with Crippen LogP contribution in [0.1, 0.15) is 30.9 Å². The van der Waals surface area contributed by atoms with Gasteiger partial charge in [-0.05, 0) is 31.0 Å². The van der Waals surface area contributed by atoms with Gasteiger partial charge in [0.25, 0.3) is 0 Å². The Bertz CT molecular complexity index is 377. The lowest BCUT2D eigenvalue weighted by molar-refractivity contribution is -0.144. The molecule has 0 fully saturated rings. The van der Waals surface area contributed by atoms with E-state index in [9.17, 15) is 4.79 Å². The van der Waals surface area contributed by atoms with Gasteiger partial charge in [0.1, 0.15) is 0 Å². The van der Waals surface area contributed by atoms with Gasteiger partial charge in [-0.2, -0.15) is 0 Å². The Hall–Kier alpha value is -1.55. The highest BCUT2D eigenvalue weighted by molar-refractivity contribution is 5.78. The van der Waals surface area contributed by atoms with E-state index in [0.29, 0.717) is 18.8 Å². The lowest BCUT2D eigenvalue weighted by Gasteiger charge is -2.13. The molecule has 4 heteroatoms. The fourth-order valence-electron chi connectivity index (χ4n) is 1.48. The summed E-state index contributed by atoms with van der Waals surface area (Å²) in [5, 5.41) is 0. The van der Waals surface area contributed by atoms with Crippen LogP contribution in [0.15, 0.2) is 18.2 Å². The number of nitrogens with two attached hydrogens (primary N) is 2. The van der Waals surface area contributed by atoms with E-state index in [2.05, 4.69) is 0 Å². The number of anilines is 1. The number of hydrogen-bond acceptors (Lipinski definition) is 4. The number of hydrogen-bond donors (Lipinski definition) is 2. The molecule has 0 amide bonds. The van der Waals surface area contributed by atoms with Gasteiger partial charge in [0, 0.05) is 12.2 Å².